The first-order chi connectivity index (χ1) is 11.5. The van der Waals surface area contributed by atoms with Gasteiger partial charge in [0.25, 0.3) is 0 Å². The SMILES string of the molecule is C=CC(=O)N1[C@@H](C)CC[C@H]1C(=O)Nc1nc2ccc(C#N)cc2[nH]1. The summed E-state index contributed by atoms with van der Waals surface area (Å²) in [5.74, 6) is -0.229. The number of nitriles is 1. The Morgan fingerprint density at radius 1 is 1.50 bits per heavy atom. The van der Waals surface area contributed by atoms with E-state index in [-0.39, 0.29) is 17.9 Å². The lowest BCUT2D eigenvalue weighted by molar-refractivity contribution is -0.134. The van der Waals surface area contributed by atoms with Gasteiger partial charge >= 0.3 is 0 Å². The monoisotopic (exact) mass is 323 g/mol. The van der Waals surface area contributed by atoms with Gasteiger partial charge in [-0.2, -0.15) is 5.26 Å². The van der Waals surface area contributed by atoms with Crippen LogP contribution in [-0.2, 0) is 9.59 Å². The van der Waals surface area contributed by atoms with Gasteiger partial charge in [-0.05, 0) is 44.0 Å². The highest BCUT2D eigenvalue weighted by atomic mass is 16.2. The molecule has 1 aliphatic heterocycles. The number of benzene rings is 1. The number of aromatic nitrogens is 2. The average molecular weight is 323 g/mol. The first-order valence-electron chi connectivity index (χ1n) is 7.69. The zero-order valence-electron chi connectivity index (χ0n) is 13.2. The molecule has 0 unspecified atom stereocenters. The first-order valence-corrected chi connectivity index (χ1v) is 7.69. The van der Waals surface area contributed by atoms with Gasteiger partial charge in [0.15, 0.2) is 0 Å². The normalized spacial score (nSPS) is 19.9. The Hall–Kier alpha value is -3.14. The molecule has 7 nitrogen and oxygen atoms in total. The van der Waals surface area contributed by atoms with Crippen LogP contribution in [-0.4, -0.2) is 38.8 Å². The van der Waals surface area contributed by atoms with E-state index in [9.17, 15) is 9.59 Å². The van der Waals surface area contributed by atoms with E-state index in [2.05, 4.69) is 27.9 Å². The zero-order chi connectivity index (χ0) is 17.3. The van der Waals surface area contributed by atoms with Crippen LogP contribution in [0.5, 0.6) is 0 Å². The third-order valence-electron chi connectivity index (χ3n) is 4.25. The van der Waals surface area contributed by atoms with Crippen molar-refractivity contribution in [2.75, 3.05) is 5.32 Å². The summed E-state index contributed by atoms with van der Waals surface area (Å²) in [4.78, 5) is 33.3. The fraction of sp³-hybridized carbons (Fsp3) is 0.294. The third kappa shape index (κ3) is 2.74. The smallest absolute Gasteiger partial charge is 0.249 e. The van der Waals surface area contributed by atoms with E-state index in [0.717, 1.165) is 6.42 Å². The van der Waals surface area contributed by atoms with Crippen LogP contribution in [0.1, 0.15) is 25.3 Å². The number of hydrogen-bond donors (Lipinski definition) is 2. The molecule has 0 radical (unpaired) electrons. The molecule has 7 heteroatoms. The van der Waals surface area contributed by atoms with Crippen molar-refractivity contribution in [1.29, 1.82) is 5.26 Å². The minimum atomic E-state index is -0.534. The molecule has 2 atom stereocenters. The van der Waals surface area contributed by atoms with Crippen LogP contribution in [0.25, 0.3) is 11.0 Å². The molecule has 0 bridgehead atoms. The molecule has 2 N–H and O–H groups in total. The molecule has 0 spiro atoms. The minimum Gasteiger partial charge on any atom is -0.324 e. The van der Waals surface area contributed by atoms with Crippen LogP contribution in [0.3, 0.4) is 0 Å². The van der Waals surface area contributed by atoms with Crippen LogP contribution in [0.15, 0.2) is 30.9 Å². The number of anilines is 1. The van der Waals surface area contributed by atoms with Crippen molar-refractivity contribution in [1.82, 2.24) is 14.9 Å². The lowest BCUT2D eigenvalue weighted by Crippen LogP contribution is -2.45. The van der Waals surface area contributed by atoms with Crippen LogP contribution >= 0.6 is 0 Å². The fourth-order valence-electron chi connectivity index (χ4n) is 3.06. The minimum absolute atomic E-state index is 0.000102. The predicted octanol–water partition coefficient (Wildman–Crippen LogP) is 1.94. The van der Waals surface area contributed by atoms with Gasteiger partial charge in [0.1, 0.15) is 6.04 Å². The molecule has 1 saturated heterocycles. The summed E-state index contributed by atoms with van der Waals surface area (Å²) in [6.07, 6.45) is 2.60. The lowest BCUT2D eigenvalue weighted by atomic mass is 10.2. The fourth-order valence-corrected chi connectivity index (χ4v) is 3.06. The number of carbonyl (C=O) groups is 2. The Morgan fingerprint density at radius 3 is 3.00 bits per heavy atom. The molecule has 1 aromatic carbocycles. The Morgan fingerprint density at radius 2 is 2.29 bits per heavy atom. The number of amides is 2. The van der Waals surface area contributed by atoms with Crippen molar-refractivity contribution in [3.8, 4) is 6.07 Å². The highest BCUT2D eigenvalue weighted by Crippen LogP contribution is 2.25. The van der Waals surface area contributed by atoms with Crippen LogP contribution in [0.2, 0.25) is 0 Å². The Bertz CT molecular complexity index is 863. The van der Waals surface area contributed by atoms with Gasteiger partial charge in [0.2, 0.25) is 17.8 Å². The number of hydrogen-bond acceptors (Lipinski definition) is 4. The molecule has 24 heavy (non-hydrogen) atoms. The van der Waals surface area contributed by atoms with Crippen molar-refractivity contribution in [2.45, 2.75) is 31.8 Å². The van der Waals surface area contributed by atoms with Crippen molar-refractivity contribution in [3.63, 3.8) is 0 Å². The number of imidazole rings is 1. The molecule has 1 fully saturated rings. The van der Waals surface area contributed by atoms with E-state index in [1.807, 2.05) is 6.92 Å². The second-order valence-electron chi connectivity index (χ2n) is 5.81. The first kappa shape index (κ1) is 15.7. The van der Waals surface area contributed by atoms with Gasteiger partial charge in [-0.15, -0.1) is 0 Å². The van der Waals surface area contributed by atoms with Crippen molar-refractivity contribution >= 4 is 28.8 Å². The number of nitrogens with one attached hydrogen (secondary N) is 2. The zero-order valence-corrected chi connectivity index (χ0v) is 13.2. The van der Waals surface area contributed by atoms with Gasteiger partial charge in [0, 0.05) is 6.04 Å². The van der Waals surface area contributed by atoms with Crippen LogP contribution in [0, 0.1) is 11.3 Å². The molecule has 2 heterocycles. The Balaban J connectivity index is 1.80. The number of likely N-dealkylation sites (tertiary alicyclic amines) is 1. The number of carbonyl (C=O) groups excluding carboxylic acids is 2. The second-order valence-corrected chi connectivity index (χ2v) is 5.81. The average Bonchev–Trinajstić information content (AvgIpc) is 3.15. The summed E-state index contributed by atoms with van der Waals surface area (Å²) < 4.78 is 0. The highest BCUT2D eigenvalue weighted by Gasteiger charge is 2.37. The summed E-state index contributed by atoms with van der Waals surface area (Å²) in [5, 5.41) is 11.6. The summed E-state index contributed by atoms with van der Waals surface area (Å²) in [6.45, 7) is 5.41. The summed E-state index contributed by atoms with van der Waals surface area (Å²) >= 11 is 0. The molecule has 0 saturated carbocycles. The van der Waals surface area contributed by atoms with Gasteiger partial charge in [-0.1, -0.05) is 6.58 Å². The van der Waals surface area contributed by atoms with E-state index < -0.39 is 6.04 Å². The maximum atomic E-state index is 12.5. The number of nitrogens with zero attached hydrogens (tertiary/aromatic N) is 3. The van der Waals surface area contributed by atoms with Gasteiger partial charge in [-0.25, -0.2) is 4.98 Å². The topological polar surface area (TPSA) is 102 Å². The number of H-pyrrole nitrogens is 1. The van der Waals surface area contributed by atoms with E-state index >= 15 is 0 Å². The van der Waals surface area contributed by atoms with E-state index in [1.54, 1.807) is 23.1 Å². The van der Waals surface area contributed by atoms with Gasteiger partial charge < -0.3 is 9.88 Å². The third-order valence-corrected chi connectivity index (χ3v) is 4.25. The lowest BCUT2D eigenvalue weighted by Gasteiger charge is -2.26. The van der Waals surface area contributed by atoms with Gasteiger partial charge in [-0.3, -0.25) is 14.9 Å². The molecular weight excluding hydrogens is 306 g/mol. The maximum Gasteiger partial charge on any atom is 0.249 e. The van der Waals surface area contributed by atoms with E-state index in [1.165, 1.54) is 6.08 Å². The van der Waals surface area contributed by atoms with E-state index in [0.29, 0.717) is 29.0 Å². The van der Waals surface area contributed by atoms with Crippen LogP contribution in [0.4, 0.5) is 5.95 Å². The molecule has 122 valence electrons. The molecule has 1 aliphatic rings. The number of rotatable bonds is 3. The second kappa shape index (κ2) is 6.16. The largest absolute Gasteiger partial charge is 0.324 e. The molecule has 0 aliphatic carbocycles. The number of aromatic amines is 1. The van der Waals surface area contributed by atoms with Crippen molar-refractivity contribution in [2.24, 2.45) is 0 Å². The molecule has 2 amide bonds. The standard InChI is InChI=1S/C17H17N5O2/c1-3-15(23)22-10(2)4-7-14(22)16(24)21-17-19-12-6-5-11(9-18)8-13(12)20-17/h3,5-6,8,10,14H,1,4,7H2,2H3,(H2,19,20,21,24)/t10-,14-/m0/s1. The number of fused-ring (bicyclic) bond motifs is 1. The van der Waals surface area contributed by atoms with E-state index in [4.69, 9.17) is 5.26 Å². The van der Waals surface area contributed by atoms with Crippen LogP contribution < -0.4 is 5.32 Å². The van der Waals surface area contributed by atoms with Gasteiger partial charge in [0.05, 0.1) is 22.7 Å². The van der Waals surface area contributed by atoms with Crippen molar-refractivity contribution in [3.05, 3.63) is 36.4 Å². The maximum absolute atomic E-state index is 12.5. The highest BCUT2D eigenvalue weighted by molar-refractivity contribution is 5.99. The molecule has 3 rings (SSSR count). The Kier molecular flexibility index (Phi) is 4.04. The molecule has 2 aromatic rings. The Labute approximate surface area is 139 Å². The summed E-state index contributed by atoms with van der Waals surface area (Å²) in [7, 11) is 0. The molecular formula is C17H17N5O2. The summed E-state index contributed by atoms with van der Waals surface area (Å²) in [6, 6.07) is 6.57. The molecule has 1 aromatic heterocycles. The van der Waals surface area contributed by atoms with Crippen molar-refractivity contribution < 1.29 is 9.59 Å². The summed E-state index contributed by atoms with van der Waals surface area (Å²) in [5.41, 5.74) is 1.84. The quantitative estimate of drug-likeness (QED) is 0.843. The predicted molar refractivity (Wildman–Crippen MR) is 89.0 cm³/mol.